The number of anilines is 5. The molecule has 5 heteroatoms. The fourth-order valence-electron chi connectivity index (χ4n) is 4.90. The molecular weight excluding hydrogens is 432 g/mol. The van der Waals surface area contributed by atoms with Gasteiger partial charge >= 0.3 is 0 Å². The van der Waals surface area contributed by atoms with Crippen LogP contribution < -0.4 is 9.80 Å². The fraction of sp³-hybridized carbons (Fsp3) is 0.133. The third-order valence-electron chi connectivity index (χ3n) is 6.36. The highest BCUT2D eigenvalue weighted by Gasteiger charge is 2.35. The van der Waals surface area contributed by atoms with E-state index in [1.165, 1.54) is 0 Å². The number of hydrogen-bond donors (Lipinski definition) is 1. The first-order chi connectivity index (χ1) is 16.9. The Labute approximate surface area is 204 Å². The van der Waals surface area contributed by atoms with Gasteiger partial charge in [0.2, 0.25) is 0 Å². The first kappa shape index (κ1) is 21.2. The molecule has 35 heavy (non-hydrogen) atoms. The van der Waals surface area contributed by atoms with Crippen molar-refractivity contribution in [2.24, 2.45) is 0 Å². The van der Waals surface area contributed by atoms with Crippen molar-refractivity contribution in [3.05, 3.63) is 97.2 Å². The average Bonchev–Trinajstić information content (AvgIpc) is 2.86. The molecule has 0 fully saturated rings. The van der Waals surface area contributed by atoms with Crippen LogP contribution in [0, 0.1) is 0 Å². The van der Waals surface area contributed by atoms with Gasteiger partial charge in [-0.15, -0.1) is 0 Å². The molecule has 0 atom stereocenters. The number of rotatable bonds is 2. The Hall–Kier alpha value is -4.38. The summed E-state index contributed by atoms with van der Waals surface area (Å²) in [5, 5.41) is 11.3. The van der Waals surface area contributed by atoms with Crippen molar-refractivity contribution in [2.75, 3.05) is 9.80 Å². The molecule has 0 radical (unpaired) electrons. The van der Waals surface area contributed by atoms with E-state index < -0.39 is 0 Å². The van der Waals surface area contributed by atoms with Crippen LogP contribution in [0.25, 0.3) is 22.2 Å². The van der Waals surface area contributed by atoms with Crippen molar-refractivity contribution in [3.63, 3.8) is 0 Å². The maximum atomic E-state index is 10.4. The van der Waals surface area contributed by atoms with Gasteiger partial charge in [0, 0.05) is 22.7 Å². The summed E-state index contributed by atoms with van der Waals surface area (Å²) >= 11 is 0. The van der Waals surface area contributed by atoms with E-state index in [1.54, 1.807) is 6.07 Å². The Morgan fingerprint density at radius 2 is 1.49 bits per heavy atom. The van der Waals surface area contributed by atoms with Crippen molar-refractivity contribution < 1.29 is 5.11 Å². The Morgan fingerprint density at radius 3 is 2.26 bits per heavy atom. The number of aromatic hydroxyl groups is 1. The van der Waals surface area contributed by atoms with Crippen LogP contribution in [0.3, 0.4) is 0 Å². The monoisotopic (exact) mass is 458 g/mol. The fourth-order valence-corrected chi connectivity index (χ4v) is 4.90. The minimum Gasteiger partial charge on any atom is -0.506 e. The summed E-state index contributed by atoms with van der Waals surface area (Å²) in [6.45, 7) is 6.68. The second-order valence-corrected chi connectivity index (χ2v) is 9.77. The molecule has 3 aromatic carbocycles. The highest BCUT2D eigenvalue weighted by Crippen LogP contribution is 2.53. The van der Waals surface area contributed by atoms with E-state index in [9.17, 15) is 5.11 Å². The van der Waals surface area contributed by atoms with E-state index >= 15 is 0 Å². The van der Waals surface area contributed by atoms with Crippen molar-refractivity contribution in [2.45, 2.75) is 26.3 Å². The van der Waals surface area contributed by atoms with Crippen molar-refractivity contribution in [1.29, 1.82) is 0 Å². The van der Waals surface area contributed by atoms with E-state index in [2.05, 4.69) is 73.0 Å². The van der Waals surface area contributed by atoms with Crippen LogP contribution in [0.2, 0.25) is 0 Å². The summed E-state index contributed by atoms with van der Waals surface area (Å²) in [6, 6.07) is 30.4. The number of hydrogen-bond acceptors (Lipinski definition) is 5. The van der Waals surface area contributed by atoms with Gasteiger partial charge < -0.3 is 10.0 Å². The van der Waals surface area contributed by atoms with Crippen LogP contribution in [0.1, 0.15) is 20.8 Å². The van der Waals surface area contributed by atoms with Gasteiger partial charge in [-0.1, -0.05) is 42.5 Å². The van der Waals surface area contributed by atoms with Gasteiger partial charge in [0.1, 0.15) is 17.1 Å². The highest BCUT2D eigenvalue weighted by atomic mass is 16.3. The summed E-state index contributed by atoms with van der Waals surface area (Å²) in [5.41, 5.74) is 6.60. The molecule has 0 saturated carbocycles. The molecule has 3 heterocycles. The molecule has 1 aliphatic heterocycles. The molecule has 0 amide bonds. The maximum absolute atomic E-state index is 10.4. The second kappa shape index (κ2) is 7.84. The largest absolute Gasteiger partial charge is 0.506 e. The zero-order valence-corrected chi connectivity index (χ0v) is 20.0. The van der Waals surface area contributed by atoms with Crippen LogP contribution in [0.15, 0.2) is 97.2 Å². The van der Waals surface area contributed by atoms with E-state index in [0.29, 0.717) is 5.52 Å². The number of nitrogens with zero attached hydrogens (tertiary/aromatic N) is 4. The molecule has 0 unspecified atom stereocenters. The third kappa shape index (κ3) is 3.48. The number of benzene rings is 3. The molecule has 1 aliphatic rings. The SMILES string of the molecule is CC(C)(C)N1c2ccccc2N(c2ccccn2)c2cc(-c3ccc4cccc(O)c4n3)ccc21. The molecule has 2 aromatic heterocycles. The Morgan fingerprint density at radius 1 is 0.714 bits per heavy atom. The van der Waals surface area contributed by atoms with E-state index in [0.717, 1.165) is 45.2 Å². The standard InChI is InChI=1S/C30H26N4O/c1-30(2,3)34-24-11-5-4-10-23(24)33(28-13-6-7-18-31-28)26-19-21(15-17-25(26)34)22-16-14-20-9-8-12-27(35)29(20)32-22/h4-19,35H,1-3H3. The number of pyridine rings is 2. The lowest BCUT2D eigenvalue weighted by atomic mass is 9.96. The van der Waals surface area contributed by atoms with E-state index in [1.807, 2.05) is 48.7 Å². The summed E-state index contributed by atoms with van der Waals surface area (Å²) in [4.78, 5) is 14.1. The number of fused-ring (bicyclic) bond motifs is 3. The average molecular weight is 459 g/mol. The summed E-state index contributed by atoms with van der Waals surface area (Å²) in [6.07, 6.45) is 1.82. The smallest absolute Gasteiger partial charge is 0.141 e. The molecular formula is C30H26N4O. The van der Waals surface area contributed by atoms with Crippen LogP contribution in [0.5, 0.6) is 5.75 Å². The maximum Gasteiger partial charge on any atom is 0.141 e. The van der Waals surface area contributed by atoms with Gasteiger partial charge in [0.05, 0.1) is 28.4 Å². The minimum atomic E-state index is -0.143. The van der Waals surface area contributed by atoms with Crippen LogP contribution in [0.4, 0.5) is 28.6 Å². The predicted molar refractivity (Wildman–Crippen MR) is 143 cm³/mol. The second-order valence-electron chi connectivity index (χ2n) is 9.77. The van der Waals surface area contributed by atoms with Crippen molar-refractivity contribution in [3.8, 4) is 17.0 Å². The highest BCUT2D eigenvalue weighted by molar-refractivity contribution is 5.99. The summed E-state index contributed by atoms with van der Waals surface area (Å²) < 4.78 is 0. The summed E-state index contributed by atoms with van der Waals surface area (Å²) in [5.74, 6) is 1.04. The molecule has 0 saturated heterocycles. The van der Waals surface area contributed by atoms with Gasteiger partial charge in [-0.05, 0) is 69.3 Å². The molecule has 5 aromatic rings. The topological polar surface area (TPSA) is 52.5 Å². The first-order valence-electron chi connectivity index (χ1n) is 11.8. The van der Waals surface area contributed by atoms with E-state index in [-0.39, 0.29) is 11.3 Å². The lowest BCUT2D eigenvalue weighted by Crippen LogP contribution is -2.41. The third-order valence-corrected chi connectivity index (χ3v) is 6.36. The number of phenols is 1. The molecule has 1 N–H and O–H groups in total. The number of para-hydroxylation sites is 3. The quantitative estimate of drug-likeness (QED) is 0.293. The van der Waals surface area contributed by atoms with Gasteiger partial charge in [-0.25, -0.2) is 9.97 Å². The molecule has 0 bridgehead atoms. The van der Waals surface area contributed by atoms with Crippen molar-refractivity contribution >= 4 is 39.5 Å². The zero-order chi connectivity index (χ0) is 24.2. The van der Waals surface area contributed by atoms with Crippen LogP contribution in [-0.2, 0) is 0 Å². The normalized spacial score (nSPS) is 13.0. The Bertz CT molecular complexity index is 1560. The van der Waals surface area contributed by atoms with Gasteiger partial charge in [-0.2, -0.15) is 0 Å². The number of phenolic OH excluding ortho intramolecular Hbond substituents is 1. The summed E-state index contributed by atoms with van der Waals surface area (Å²) in [7, 11) is 0. The lowest BCUT2D eigenvalue weighted by Gasteiger charge is -2.46. The van der Waals surface area contributed by atoms with Gasteiger partial charge in [0.25, 0.3) is 0 Å². The Kier molecular flexibility index (Phi) is 4.74. The van der Waals surface area contributed by atoms with Crippen LogP contribution >= 0.6 is 0 Å². The van der Waals surface area contributed by atoms with Gasteiger partial charge in [0.15, 0.2) is 0 Å². The molecule has 172 valence electrons. The van der Waals surface area contributed by atoms with Crippen LogP contribution in [-0.4, -0.2) is 20.6 Å². The molecule has 0 spiro atoms. The lowest BCUT2D eigenvalue weighted by molar-refractivity contribution is 0.480. The predicted octanol–water partition coefficient (Wildman–Crippen LogP) is 7.72. The van der Waals surface area contributed by atoms with Gasteiger partial charge in [-0.3, -0.25) is 4.90 Å². The minimum absolute atomic E-state index is 0.143. The zero-order valence-electron chi connectivity index (χ0n) is 20.0. The number of aromatic nitrogens is 2. The Balaban J connectivity index is 1.60. The molecule has 6 rings (SSSR count). The molecule has 0 aliphatic carbocycles. The van der Waals surface area contributed by atoms with Crippen molar-refractivity contribution in [1.82, 2.24) is 9.97 Å². The first-order valence-corrected chi connectivity index (χ1v) is 11.8. The molecule has 5 nitrogen and oxygen atoms in total. The van der Waals surface area contributed by atoms with E-state index in [4.69, 9.17) is 9.97 Å².